The molecule has 0 saturated heterocycles. The van der Waals surface area contributed by atoms with Gasteiger partial charge >= 0.3 is 0 Å². The Morgan fingerprint density at radius 2 is 1.59 bits per heavy atom. The number of para-hydroxylation sites is 2. The Hall–Kier alpha value is -4.73. The van der Waals surface area contributed by atoms with E-state index in [-0.39, 0.29) is 5.91 Å². The molecule has 10 heteroatoms. The van der Waals surface area contributed by atoms with Gasteiger partial charge in [0, 0.05) is 43.0 Å². The molecule has 37 heavy (non-hydrogen) atoms. The number of carbonyl (C=O) groups is 1. The number of benzene rings is 2. The van der Waals surface area contributed by atoms with Crippen LogP contribution in [0.25, 0.3) is 0 Å². The summed E-state index contributed by atoms with van der Waals surface area (Å²) in [6.07, 6.45) is 4.79. The molecule has 5 rings (SSSR count). The van der Waals surface area contributed by atoms with Crippen LogP contribution in [0.3, 0.4) is 0 Å². The van der Waals surface area contributed by atoms with Gasteiger partial charge in [0.15, 0.2) is 0 Å². The van der Waals surface area contributed by atoms with E-state index in [1.54, 1.807) is 30.5 Å². The molecule has 4 aromatic rings. The molecule has 1 saturated carbocycles. The number of hydrogen-bond donors (Lipinski definition) is 5. The first-order valence-corrected chi connectivity index (χ1v) is 12.3. The summed E-state index contributed by atoms with van der Waals surface area (Å²) < 4.78 is 0. The Morgan fingerprint density at radius 3 is 2.32 bits per heavy atom. The summed E-state index contributed by atoms with van der Waals surface area (Å²) in [5, 5.41) is 12.7. The monoisotopic (exact) mass is 495 g/mol. The van der Waals surface area contributed by atoms with E-state index in [1.165, 1.54) is 0 Å². The van der Waals surface area contributed by atoms with Crippen LogP contribution < -0.4 is 27.0 Å². The van der Waals surface area contributed by atoms with E-state index in [4.69, 9.17) is 5.73 Å². The maximum atomic E-state index is 12.6. The summed E-state index contributed by atoms with van der Waals surface area (Å²) in [4.78, 5) is 30.5. The molecule has 0 unspecified atom stereocenters. The highest BCUT2D eigenvalue weighted by Gasteiger charge is 2.22. The highest BCUT2D eigenvalue weighted by molar-refractivity contribution is 6.05. The number of nitrogens with two attached hydrogens (primary N) is 1. The summed E-state index contributed by atoms with van der Waals surface area (Å²) in [5.41, 5.74) is 9.56. The fourth-order valence-electron chi connectivity index (χ4n) is 3.62. The van der Waals surface area contributed by atoms with Crippen molar-refractivity contribution in [2.24, 2.45) is 0 Å². The number of pyridine rings is 1. The Kier molecular flexibility index (Phi) is 7.35. The molecule has 0 aliphatic heterocycles. The van der Waals surface area contributed by atoms with Crippen molar-refractivity contribution in [2.75, 3.05) is 33.5 Å². The predicted octanol–water partition coefficient (Wildman–Crippen LogP) is 3.94. The van der Waals surface area contributed by atoms with Crippen LogP contribution in [0.15, 0.2) is 72.9 Å². The highest BCUT2D eigenvalue weighted by Crippen LogP contribution is 2.24. The Morgan fingerprint density at radius 1 is 0.865 bits per heavy atom. The molecule has 1 aliphatic rings. The number of hydrogen-bond acceptors (Lipinski definition) is 9. The van der Waals surface area contributed by atoms with Gasteiger partial charge in [-0.05, 0) is 54.8 Å². The van der Waals surface area contributed by atoms with Gasteiger partial charge in [-0.15, -0.1) is 0 Å². The van der Waals surface area contributed by atoms with E-state index < -0.39 is 0 Å². The quantitative estimate of drug-likeness (QED) is 0.195. The minimum atomic E-state index is -0.216. The maximum absolute atomic E-state index is 12.6. The van der Waals surface area contributed by atoms with Gasteiger partial charge in [-0.2, -0.15) is 15.0 Å². The summed E-state index contributed by atoms with van der Waals surface area (Å²) in [7, 11) is 0. The van der Waals surface area contributed by atoms with Crippen LogP contribution in [0.2, 0.25) is 0 Å². The molecule has 0 spiro atoms. The van der Waals surface area contributed by atoms with Crippen molar-refractivity contribution in [3.8, 4) is 0 Å². The van der Waals surface area contributed by atoms with E-state index in [0.717, 1.165) is 30.5 Å². The van der Waals surface area contributed by atoms with Gasteiger partial charge in [0.05, 0.1) is 11.4 Å². The summed E-state index contributed by atoms with van der Waals surface area (Å²) in [6, 6.07) is 20.8. The number of aromatic nitrogens is 4. The average Bonchev–Trinajstić information content (AvgIpc) is 3.74. The van der Waals surface area contributed by atoms with Crippen LogP contribution in [-0.2, 0) is 13.0 Å². The smallest absolute Gasteiger partial charge is 0.255 e. The van der Waals surface area contributed by atoms with Gasteiger partial charge in [0.2, 0.25) is 17.8 Å². The molecule has 188 valence electrons. The molecule has 6 N–H and O–H groups in total. The van der Waals surface area contributed by atoms with E-state index in [9.17, 15) is 4.79 Å². The molecule has 0 bridgehead atoms. The molecular formula is C27H29N9O. The maximum Gasteiger partial charge on any atom is 0.255 e. The number of carbonyl (C=O) groups excluding carboxylic acids is 1. The first-order chi connectivity index (χ1) is 18.1. The summed E-state index contributed by atoms with van der Waals surface area (Å²) in [6.45, 7) is 1.15. The molecule has 1 aliphatic carbocycles. The Bertz CT molecular complexity index is 1340. The predicted molar refractivity (Wildman–Crippen MR) is 145 cm³/mol. The summed E-state index contributed by atoms with van der Waals surface area (Å²) >= 11 is 0. The fraction of sp³-hybridized carbons (Fsp3) is 0.222. The highest BCUT2D eigenvalue weighted by atomic mass is 16.1. The lowest BCUT2D eigenvalue weighted by Gasteiger charge is -2.11. The van der Waals surface area contributed by atoms with E-state index in [1.807, 2.05) is 42.5 Å². The molecule has 2 aromatic heterocycles. The van der Waals surface area contributed by atoms with E-state index >= 15 is 0 Å². The lowest BCUT2D eigenvalue weighted by atomic mass is 10.1. The normalized spacial score (nSPS) is 12.5. The molecule has 10 nitrogen and oxygen atoms in total. The van der Waals surface area contributed by atoms with Gasteiger partial charge in [-0.25, -0.2) is 0 Å². The lowest BCUT2D eigenvalue weighted by Crippen LogP contribution is -2.15. The molecule has 0 radical (unpaired) electrons. The fourth-order valence-corrected chi connectivity index (χ4v) is 3.62. The first kappa shape index (κ1) is 24.0. The zero-order chi connectivity index (χ0) is 25.5. The number of anilines is 5. The molecular weight excluding hydrogens is 466 g/mol. The molecule has 1 fully saturated rings. The van der Waals surface area contributed by atoms with Gasteiger partial charge in [-0.3, -0.25) is 9.78 Å². The van der Waals surface area contributed by atoms with Crippen LogP contribution in [0.4, 0.5) is 29.2 Å². The SMILES string of the molecule is Nc1ccccc1NC(=O)c1ccc(CNc2nc(NCCc3ccccn3)nc(NC3CC3)n2)cc1. The van der Waals surface area contributed by atoms with Gasteiger partial charge in [0.1, 0.15) is 0 Å². The van der Waals surface area contributed by atoms with Crippen molar-refractivity contribution in [3.05, 3.63) is 89.7 Å². The molecule has 0 atom stereocenters. The van der Waals surface area contributed by atoms with Crippen LogP contribution in [-0.4, -0.2) is 38.4 Å². The molecule has 2 heterocycles. The second kappa shape index (κ2) is 11.3. The third kappa shape index (κ3) is 6.91. The van der Waals surface area contributed by atoms with Crippen LogP contribution in [0.5, 0.6) is 0 Å². The Labute approximate surface area is 215 Å². The van der Waals surface area contributed by atoms with Crippen molar-refractivity contribution in [2.45, 2.75) is 31.8 Å². The zero-order valence-electron chi connectivity index (χ0n) is 20.3. The van der Waals surface area contributed by atoms with Gasteiger partial charge in [-0.1, -0.05) is 30.3 Å². The minimum Gasteiger partial charge on any atom is -0.397 e. The van der Waals surface area contributed by atoms with E-state index in [0.29, 0.717) is 53.9 Å². The largest absolute Gasteiger partial charge is 0.397 e. The van der Waals surface area contributed by atoms with Gasteiger partial charge in [0.25, 0.3) is 5.91 Å². The Balaban J connectivity index is 1.19. The van der Waals surface area contributed by atoms with Crippen molar-refractivity contribution < 1.29 is 4.79 Å². The number of nitrogens with zero attached hydrogens (tertiary/aromatic N) is 4. The van der Waals surface area contributed by atoms with Crippen molar-refractivity contribution in [1.82, 2.24) is 19.9 Å². The number of amides is 1. The molecule has 1 amide bonds. The molecule has 2 aromatic carbocycles. The lowest BCUT2D eigenvalue weighted by molar-refractivity contribution is 0.102. The summed E-state index contributed by atoms with van der Waals surface area (Å²) in [5.74, 6) is 1.31. The van der Waals surface area contributed by atoms with Crippen LogP contribution in [0, 0.1) is 0 Å². The van der Waals surface area contributed by atoms with Gasteiger partial charge < -0.3 is 27.0 Å². The third-order valence-corrected chi connectivity index (χ3v) is 5.81. The van der Waals surface area contributed by atoms with Crippen LogP contribution in [0.1, 0.15) is 34.5 Å². The second-order valence-electron chi connectivity index (χ2n) is 8.81. The second-order valence-corrected chi connectivity index (χ2v) is 8.81. The standard InChI is InChI=1S/C27H29N9O/c28-22-6-1-2-7-23(22)33-24(37)19-10-8-18(9-11-19)17-31-26-34-25(35-27(36-26)32-21-12-13-21)30-16-14-20-5-3-4-15-29-20/h1-11,15,21H,12-14,16-17,28H2,(H,33,37)(H3,30,31,32,34,35,36). The van der Waals surface area contributed by atoms with Crippen molar-refractivity contribution in [1.29, 1.82) is 0 Å². The van der Waals surface area contributed by atoms with Crippen molar-refractivity contribution >= 4 is 35.1 Å². The van der Waals surface area contributed by atoms with Crippen molar-refractivity contribution in [3.63, 3.8) is 0 Å². The first-order valence-electron chi connectivity index (χ1n) is 12.3. The number of nitrogen functional groups attached to an aromatic ring is 1. The van der Waals surface area contributed by atoms with E-state index in [2.05, 4.69) is 41.2 Å². The minimum absolute atomic E-state index is 0.216. The number of rotatable bonds is 11. The van der Waals surface area contributed by atoms with Crippen LogP contribution >= 0.6 is 0 Å². The number of nitrogens with one attached hydrogen (secondary N) is 4. The topological polar surface area (TPSA) is 143 Å². The average molecular weight is 496 g/mol. The zero-order valence-corrected chi connectivity index (χ0v) is 20.3. The third-order valence-electron chi connectivity index (χ3n) is 5.81.